The van der Waals surface area contributed by atoms with Gasteiger partial charge < -0.3 is 4.42 Å². The number of Topliss-reactive ketones (excluding diaryl/α,β-unsaturated/α-hetero) is 1. The third-order valence-electron chi connectivity index (χ3n) is 3.13. The molecule has 0 N–H and O–H groups in total. The smallest absolute Gasteiger partial charge is 0.169 e. The molecular weight excluding hydrogens is 256 g/mol. The van der Waals surface area contributed by atoms with Crippen LogP contribution in [0.5, 0.6) is 0 Å². The predicted octanol–water partition coefficient (Wildman–Crippen LogP) is 3.59. The van der Waals surface area contributed by atoms with Crippen molar-refractivity contribution in [1.82, 2.24) is 0 Å². The zero-order valence-electron chi connectivity index (χ0n) is 8.83. The van der Waals surface area contributed by atoms with Crippen LogP contribution in [0.25, 0.3) is 0 Å². The second kappa shape index (κ2) is 4.52. The zero-order chi connectivity index (χ0) is 10.8. The van der Waals surface area contributed by atoms with Crippen LogP contribution >= 0.6 is 15.9 Å². The summed E-state index contributed by atoms with van der Waals surface area (Å²) in [4.78, 5) is 11.7. The van der Waals surface area contributed by atoms with Crippen molar-refractivity contribution in [3.63, 3.8) is 0 Å². The van der Waals surface area contributed by atoms with E-state index in [1.54, 1.807) is 6.26 Å². The summed E-state index contributed by atoms with van der Waals surface area (Å²) in [6.07, 6.45) is 5.41. The molecule has 2 rings (SSSR count). The molecule has 1 fully saturated rings. The Morgan fingerprint density at radius 2 is 2.40 bits per heavy atom. The normalized spacial score (nSPS) is 26.9. The van der Waals surface area contributed by atoms with E-state index in [0.717, 1.165) is 35.9 Å². The van der Waals surface area contributed by atoms with Crippen LogP contribution in [0.15, 0.2) is 21.4 Å². The fraction of sp³-hybridized carbons (Fsp3) is 0.583. The number of rotatable bonds is 2. The zero-order valence-corrected chi connectivity index (χ0v) is 10.4. The van der Waals surface area contributed by atoms with Gasteiger partial charge in [-0.2, -0.15) is 0 Å². The first-order valence-electron chi connectivity index (χ1n) is 5.41. The molecule has 1 saturated carbocycles. The first kappa shape index (κ1) is 10.9. The molecule has 2 nitrogen and oxygen atoms in total. The van der Waals surface area contributed by atoms with Crippen LogP contribution in [-0.4, -0.2) is 5.78 Å². The van der Waals surface area contributed by atoms with Crippen LogP contribution in [0.4, 0.5) is 0 Å². The third-order valence-corrected chi connectivity index (χ3v) is 3.55. The molecule has 0 saturated heterocycles. The van der Waals surface area contributed by atoms with E-state index in [-0.39, 0.29) is 5.92 Å². The van der Waals surface area contributed by atoms with Gasteiger partial charge in [0.05, 0.1) is 6.26 Å². The molecule has 0 bridgehead atoms. The van der Waals surface area contributed by atoms with Crippen molar-refractivity contribution in [1.29, 1.82) is 0 Å². The minimum absolute atomic E-state index is 0.207. The summed E-state index contributed by atoms with van der Waals surface area (Å²) in [5.74, 6) is 1.31. The molecule has 82 valence electrons. The molecule has 1 heterocycles. The fourth-order valence-corrected chi connectivity index (χ4v) is 2.65. The summed E-state index contributed by atoms with van der Waals surface area (Å²) in [6, 6.07) is 1.95. The van der Waals surface area contributed by atoms with E-state index in [2.05, 4.69) is 22.9 Å². The summed E-state index contributed by atoms with van der Waals surface area (Å²) < 4.78 is 5.92. The standard InChI is InChI=1S/C12H15BrO2/c1-8-2-3-11(14)10(4-8)5-9-6-12(13)15-7-9/h6-8,10H,2-5H2,1H3. The highest BCUT2D eigenvalue weighted by molar-refractivity contribution is 9.10. The average Bonchev–Trinajstić information content (AvgIpc) is 2.58. The first-order valence-corrected chi connectivity index (χ1v) is 6.20. The minimum atomic E-state index is 0.207. The van der Waals surface area contributed by atoms with Gasteiger partial charge in [-0.3, -0.25) is 4.79 Å². The van der Waals surface area contributed by atoms with Gasteiger partial charge in [0.2, 0.25) is 0 Å². The fourth-order valence-electron chi connectivity index (χ4n) is 2.26. The lowest BCUT2D eigenvalue weighted by Gasteiger charge is -2.24. The van der Waals surface area contributed by atoms with E-state index in [9.17, 15) is 4.79 Å². The lowest BCUT2D eigenvalue weighted by atomic mass is 9.79. The minimum Gasteiger partial charge on any atom is -0.457 e. The summed E-state index contributed by atoms with van der Waals surface area (Å²) in [5, 5.41) is 0. The van der Waals surface area contributed by atoms with Crippen LogP contribution in [0.3, 0.4) is 0 Å². The van der Waals surface area contributed by atoms with Crippen molar-refractivity contribution in [2.75, 3.05) is 0 Å². The van der Waals surface area contributed by atoms with Crippen molar-refractivity contribution in [3.05, 3.63) is 22.6 Å². The molecule has 1 aliphatic rings. The Morgan fingerprint density at radius 1 is 1.60 bits per heavy atom. The van der Waals surface area contributed by atoms with Crippen LogP contribution in [-0.2, 0) is 11.2 Å². The summed E-state index contributed by atoms with van der Waals surface area (Å²) in [6.45, 7) is 2.23. The number of hydrogen-bond donors (Lipinski definition) is 0. The molecule has 0 spiro atoms. The summed E-state index contributed by atoms with van der Waals surface area (Å²) in [5.41, 5.74) is 1.12. The van der Waals surface area contributed by atoms with Crippen LogP contribution in [0.2, 0.25) is 0 Å². The summed E-state index contributed by atoms with van der Waals surface area (Å²) >= 11 is 3.27. The van der Waals surface area contributed by atoms with Crippen molar-refractivity contribution < 1.29 is 9.21 Å². The van der Waals surface area contributed by atoms with Gasteiger partial charge in [0.1, 0.15) is 5.78 Å². The lowest BCUT2D eigenvalue weighted by Crippen LogP contribution is -2.25. The molecular formula is C12H15BrO2. The molecule has 1 aromatic rings. The van der Waals surface area contributed by atoms with Gasteiger partial charge in [0.15, 0.2) is 4.67 Å². The molecule has 3 heteroatoms. The topological polar surface area (TPSA) is 30.2 Å². The van der Waals surface area contributed by atoms with Gasteiger partial charge in [0.25, 0.3) is 0 Å². The second-order valence-electron chi connectivity index (χ2n) is 4.51. The maximum absolute atomic E-state index is 11.7. The molecule has 15 heavy (non-hydrogen) atoms. The number of halogens is 1. The Bertz CT molecular complexity index is 356. The van der Waals surface area contributed by atoms with Crippen molar-refractivity contribution in [3.8, 4) is 0 Å². The van der Waals surface area contributed by atoms with E-state index in [4.69, 9.17) is 4.42 Å². The Morgan fingerprint density at radius 3 is 3.07 bits per heavy atom. The molecule has 1 aromatic heterocycles. The Balaban J connectivity index is 2.01. The quantitative estimate of drug-likeness (QED) is 0.822. The number of carbonyl (C=O) groups excluding carboxylic acids is 1. The predicted molar refractivity (Wildman–Crippen MR) is 61.6 cm³/mol. The molecule has 1 aliphatic carbocycles. The van der Waals surface area contributed by atoms with Crippen LogP contribution in [0.1, 0.15) is 31.7 Å². The van der Waals surface area contributed by atoms with E-state index in [1.165, 1.54) is 0 Å². The van der Waals surface area contributed by atoms with Gasteiger partial charge in [-0.1, -0.05) is 6.92 Å². The molecule has 0 aromatic carbocycles. The number of carbonyl (C=O) groups is 1. The van der Waals surface area contributed by atoms with Crippen molar-refractivity contribution in [2.24, 2.45) is 11.8 Å². The Labute approximate surface area is 98.2 Å². The molecule has 0 radical (unpaired) electrons. The van der Waals surface area contributed by atoms with Crippen LogP contribution in [0, 0.1) is 11.8 Å². The van der Waals surface area contributed by atoms with Gasteiger partial charge in [0, 0.05) is 12.3 Å². The van der Waals surface area contributed by atoms with E-state index in [0.29, 0.717) is 11.7 Å². The third kappa shape index (κ3) is 2.71. The highest BCUT2D eigenvalue weighted by Gasteiger charge is 2.26. The number of furan rings is 1. The molecule has 2 unspecified atom stereocenters. The summed E-state index contributed by atoms with van der Waals surface area (Å²) in [7, 11) is 0. The lowest BCUT2D eigenvalue weighted by molar-refractivity contribution is -0.125. The number of hydrogen-bond acceptors (Lipinski definition) is 2. The number of ketones is 1. The maximum atomic E-state index is 11.7. The first-order chi connectivity index (χ1) is 7.15. The van der Waals surface area contributed by atoms with Gasteiger partial charge in [-0.15, -0.1) is 0 Å². The average molecular weight is 271 g/mol. The van der Waals surface area contributed by atoms with Crippen molar-refractivity contribution >= 4 is 21.7 Å². The van der Waals surface area contributed by atoms with E-state index in [1.807, 2.05) is 6.07 Å². The van der Waals surface area contributed by atoms with Gasteiger partial charge >= 0.3 is 0 Å². The van der Waals surface area contributed by atoms with E-state index < -0.39 is 0 Å². The molecule has 0 amide bonds. The maximum Gasteiger partial charge on any atom is 0.169 e. The SMILES string of the molecule is CC1CCC(=O)C(Cc2coc(Br)c2)C1. The monoisotopic (exact) mass is 270 g/mol. The molecule has 2 atom stereocenters. The highest BCUT2D eigenvalue weighted by atomic mass is 79.9. The van der Waals surface area contributed by atoms with Gasteiger partial charge in [-0.25, -0.2) is 0 Å². The van der Waals surface area contributed by atoms with Gasteiger partial charge in [-0.05, 0) is 52.7 Å². The Hall–Kier alpha value is -0.570. The van der Waals surface area contributed by atoms with Crippen molar-refractivity contribution in [2.45, 2.75) is 32.6 Å². The van der Waals surface area contributed by atoms with E-state index >= 15 is 0 Å². The Kier molecular flexibility index (Phi) is 3.29. The molecule has 0 aliphatic heterocycles. The highest BCUT2D eigenvalue weighted by Crippen LogP contribution is 2.29. The second-order valence-corrected chi connectivity index (χ2v) is 5.29. The van der Waals surface area contributed by atoms with Crippen LogP contribution < -0.4 is 0 Å². The largest absolute Gasteiger partial charge is 0.457 e.